The highest BCUT2D eigenvalue weighted by atomic mass is 79.9. The molecule has 2 aromatic rings. The molecule has 4 nitrogen and oxygen atoms in total. The van der Waals surface area contributed by atoms with Gasteiger partial charge in [-0.2, -0.15) is 0 Å². The number of nitrogens with zero attached hydrogens (tertiary/aromatic N) is 3. The number of anilines is 1. The molecule has 0 bridgehead atoms. The van der Waals surface area contributed by atoms with Crippen LogP contribution in [0.5, 0.6) is 0 Å². The van der Waals surface area contributed by atoms with Crippen LogP contribution in [-0.4, -0.2) is 30.2 Å². The number of carbonyl (C=O) groups excluding carboxylic acids is 1. The van der Waals surface area contributed by atoms with Gasteiger partial charge < -0.3 is 4.90 Å². The number of hydrogen-bond donors (Lipinski definition) is 0. The minimum Gasteiger partial charge on any atom is -0.374 e. The van der Waals surface area contributed by atoms with Crippen LogP contribution < -0.4 is 4.90 Å². The average molecular weight is 424 g/mol. The van der Waals surface area contributed by atoms with E-state index in [4.69, 9.17) is 0 Å². The number of benzene rings is 2. The zero-order valence-corrected chi connectivity index (χ0v) is 17.2. The van der Waals surface area contributed by atoms with Crippen molar-refractivity contribution in [3.8, 4) is 0 Å². The Labute approximate surface area is 168 Å². The Kier molecular flexibility index (Phi) is 4.87. The highest BCUT2D eigenvalue weighted by molar-refractivity contribution is 9.10. The minimum atomic E-state index is -0.0384. The van der Waals surface area contributed by atoms with Gasteiger partial charge in [0.15, 0.2) is 0 Å². The first-order valence-corrected chi connectivity index (χ1v) is 9.98. The van der Waals surface area contributed by atoms with Crippen molar-refractivity contribution in [2.75, 3.05) is 18.5 Å². The monoisotopic (exact) mass is 423 g/mol. The molecule has 0 aliphatic carbocycles. The minimum absolute atomic E-state index is 0.0384. The fraction of sp³-hybridized carbons (Fsp3) is 0.273. The van der Waals surface area contributed by atoms with Crippen LogP contribution in [-0.2, 0) is 17.8 Å². The van der Waals surface area contributed by atoms with Gasteiger partial charge in [-0.15, -0.1) is 0 Å². The highest BCUT2D eigenvalue weighted by Gasteiger charge is 2.28. The number of aryl methyl sites for hydroxylation is 1. The summed E-state index contributed by atoms with van der Waals surface area (Å²) in [4.78, 5) is 21.6. The molecule has 2 aromatic carbocycles. The van der Waals surface area contributed by atoms with Crippen LogP contribution in [0.1, 0.15) is 30.0 Å². The van der Waals surface area contributed by atoms with Gasteiger partial charge in [-0.05, 0) is 49.1 Å². The summed E-state index contributed by atoms with van der Waals surface area (Å²) in [6.45, 7) is 3.47. The number of amides is 1. The number of halogens is 1. The van der Waals surface area contributed by atoms with Crippen LogP contribution in [0.15, 0.2) is 57.6 Å². The summed E-state index contributed by atoms with van der Waals surface area (Å²) in [7, 11) is 2.11. The van der Waals surface area contributed by atoms with Gasteiger partial charge in [-0.1, -0.05) is 46.3 Å². The predicted molar refractivity (Wildman–Crippen MR) is 114 cm³/mol. The third-order valence-electron chi connectivity index (χ3n) is 5.12. The Hall–Kier alpha value is -2.40. The van der Waals surface area contributed by atoms with E-state index in [0.717, 1.165) is 40.8 Å². The number of rotatable bonds is 3. The molecule has 0 unspecified atom stereocenters. The molecule has 27 heavy (non-hydrogen) atoms. The number of fused-ring (bicyclic) bond motifs is 1. The first-order valence-electron chi connectivity index (χ1n) is 9.19. The lowest BCUT2D eigenvalue weighted by atomic mass is 9.97. The molecule has 0 fully saturated rings. The van der Waals surface area contributed by atoms with Gasteiger partial charge in [-0.25, -0.2) is 4.99 Å². The van der Waals surface area contributed by atoms with Crippen LogP contribution >= 0.6 is 15.9 Å². The van der Waals surface area contributed by atoms with Gasteiger partial charge in [0.1, 0.15) is 11.5 Å². The Morgan fingerprint density at radius 2 is 2.00 bits per heavy atom. The largest absolute Gasteiger partial charge is 0.374 e. The highest BCUT2D eigenvalue weighted by Crippen LogP contribution is 2.35. The van der Waals surface area contributed by atoms with Crippen LogP contribution in [0.2, 0.25) is 0 Å². The maximum Gasteiger partial charge on any atom is 0.278 e. The summed E-state index contributed by atoms with van der Waals surface area (Å²) >= 11 is 3.61. The van der Waals surface area contributed by atoms with E-state index in [1.807, 2.05) is 43.3 Å². The van der Waals surface area contributed by atoms with Crippen molar-refractivity contribution < 1.29 is 4.79 Å². The number of carbonyl (C=O) groups is 1. The molecule has 0 N–H and O–H groups in total. The summed E-state index contributed by atoms with van der Waals surface area (Å²) in [5.41, 5.74) is 5.17. The molecule has 5 heteroatoms. The smallest absolute Gasteiger partial charge is 0.278 e. The third kappa shape index (κ3) is 3.56. The molecule has 0 saturated heterocycles. The van der Waals surface area contributed by atoms with E-state index < -0.39 is 0 Å². The molecule has 0 saturated carbocycles. The van der Waals surface area contributed by atoms with Crippen molar-refractivity contribution in [1.82, 2.24) is 4.90 Å². The van der Waals surface area contributed by atoms with E-state index in [-0.39, 0.29) is 5.91 Å². The van der Waals surface area contributed by atoms with Crippen molar-refractivity contribution in [2.24, 2.45) is 4.99 Å². The van der Waals surface area contributed by atoms with Crippen molar-refractivity contribution in [3.05, 3.63) is 69.3 Å². The van der Waals surface area contributed by atoms with Crippen molar-refractivity contribution in [3.63, 3.8) is 0 Å². The summed E-state index contributed by atoms with van der Waals surface area (Å²) < 4.78 is 1.04. The van der Waals surface area contributed by atoms with Crippen molar-refractivity contribution in [1.29, 1.82) is 0 Å². The van der Waals surface area contributed by atoms with Gasteiger partial charge in [-0.3, -0.25) is 9.69 Å². The van der Waals surface area contributed by atoms with Gasteiger partial charge in [0, 0.05) is 29.3 Å². The molecule has 0 atom stereocenters. The van der Waals surface area contributed by atoms with E-state index in [1.165, 1.54) is 11.3 Å². The van der Waals surface area contributed by atoms with Crippen LogP contribution in [0.3, 0.4) is 0 Å². The summed E-state index contributed by atoms with van der Waals surface area (Å²) in [5, 5.41) is 0. The number of amidine groups is 1. The Morgan fingerprint density at radius 3 is 2.78 bits per heavy atom. The second-order valence-electron chi connectivity index (χ2n) is 7.09. The number of hydrogen-bond acceptors (Lipinski definition) is 3. The fourth-order valence-corrected chi connectivity index (χ4v) is 4.35. The van der Waals surface area contributed by atoms with Gasteiger partial charge in [0.05, 0.1) is 6.54 Å². The molecule has 1 amide bonds. The Morgan fingerprint density at radius 1 is 1.22 bits per heavy atom. The van der Waals surface area contributed by atoms with E-state index >= 15 is 0 Å². The molecule has 0 aromatic heterocycles. The topological polar surface area (TPSA) is 35.9 Å². The summed E-state index contributed by atoms with van der Waals surface area (Å²) in [6.07, 6.45) is 4.14. The predicted octanol–water partition coefficient (Wildman–Crippen LogP) is 4.63. The van der Waals surface area contributed by atoms with E-state index in [2.05, 4.69) is 45.0 Å². The van der Waals surface area contributed by atoms with E-state index in [0.29, 0.717) is 12.2 Å². The van der Waals surface area contributed by atoms with Gasteiger partial charge in [0.25, 0.3) is 5.91 Å². The molecule has 2 aliphatic heterocycles. The normalized spacial score (nSPS) is 18.1. The van der Waals surface area contributed by atoms with E-state index in [1.54, 1.807) is 4.90 Å². The standard InChI is InChI=1S/C22H22BrN3O/c1-15-24-20(22(27)26(15)14-16-7-4-3-5-8-16)13-18-12-19(23)11-17-9-6-10-25(2)21(17)18/h3-5,7-8,11-13H,6,9-10,14H2,1-2H3. The maximum absolute atomic E-state index is 13.0. The Balaban J connectivity index is 1.68. The molecule has 2 heterocycles. The molecule has 0 radical (unpaired) electrons. The van der Waals surface area contributed by atoms with Crippen LogP contribution in [0.25, 0.3) is 6.08 Å². The lowest BCUT2D eigenvalue weighted by Crippen LogP contribution is -2.29. The molecule has 2 aliphatic rings. The molecule has 138 valence electrons. The molecule has 4 rings (SSSR count). The SMILES string of the molecule is CC1=NC(=Cc2cc(Br)cc3c2N(C)CCC3)C(=O)N1Cc1ccccc1. The molecular formula is C22H22BrN3O. The lowest BCUT2D eigenvalue weighted by Gasteiger charge is -2.29. The Bertz CT molecular complexity index is 950. The van der Waals surface area contributed by atoms with Crippen molar-refractivity contribution >= 4 is 39.4 Å². The fourth-order valence-electron chi connectivity index (χ4n) is 3.82. The van der Waals surface area contributed by atoms with Gasteiger partial charge in [0.2, 0.25) is 0 Å². The lowest BCUT2D eigenvalue weighted by molar-refractivity contribution is -0.123. The van der Waals surface area contributed by atoms with Crippen LogP contribution in [0, 0.1) is 0 Å². The van der Waals surface area contributed by atoms with Crippen molar-refractivity contribution in [2.45, 2.75) is 26.3 Å². The summed E-state index contributed by atoms with van der Waals surface area (Å²) in [5.74, 6) is 0.705. The van der Waals surface area contributed by atoms with E-state index in [9.17, 15) is 4.79 Å². The number of aliphatic imine (C=N–C) groups is 1. The zero-order chi connectivity index (χ0) is 19.0. The van der Waals surface area contributed by atoms with Gasteiger partial charge >= 0.3 is 0 Å². The van der Waals surface area contributed by atoms with Crippen LogP contribution in [0.4, 0.5) is 5.69 Å². The second kappa shape index (κ2) is 7.31. The molecule has 0 spiro atoms. The second-order valence-corrected chi connectivity index (χ2v) is 8.01. The quantitative estimate of drug-likeness (QED) is 0.674. The zero-order valence-electron chi connectivity index (χ0n) is 15.6. The molecular weight excluding hydrogens is 402 g/mol. The third-order valence-corrected chi connectivity index (χ3v) is 5.58. The maximum atomic E-state index is 13.0. The summed E-state index contributed by atoms with van der Waals surface area (Å²) in [6, 6.07) is 14.3. The first kappa shape index (κ1) is 18.0. The first-order chi connectivity index (χ1) is 13.0. The average Bonchev–Trinajstić information content (AvgIpc) is 2.90.